The summed E-state index contributed by atoms with van der Waals surface area (Å²) in [5.41, 5.74) is 2.99. The smallest absolute Gasteiger partial charge is 0.257 e. The van der Waals surface area contributed by atoms with Crippen molar-refractivity contribution < 1.29 is 14.0 Å². The Balaban J connectivity index is 1.46. The Morgan fingerprint density at radius 3 is 2.68 bits per heavy atom. The summed E-state index contributed by atoms with van der Waals surface area (Å²) >= 11 is 1.21. The van der Waals surface area contributed by atoms with Crippen LogP contribution in [0.1, 0.15) is 15.9 Å². The van der Waals surface area contributed by atoms with Gasteiger partial charge in [0.2, 0.25) is 5.91 Å². The molecule has 0 aliphatic carbocycles. The Kier molecular flexibility index (Phi) is 5.94. The molecule has 0 saturated carbocycles. The lowest BCUT2D eigenvalue weighted by atomic mass is 10.2. The number of hydrogen-bond donors (Lipinski definition) is 2. The van der Waals surface area contributed by atoms with Crippen LogP contribution in [0.2, 0.25) is 0 Å². The molecule has 4 rings (SSSR count). The summed E-state index contributed by atoms with van der Waals surface area (Å²) in [6.07, 6.45) is 1.59. The van der Waals surface area contributed by atoms with Gasteiger partial charge in [-0.1, -0.05) is 36.0 Å². The molecule has 2 amide bonds. The number of aryl methyl sites for hydroxylation is 1. The first-order chi connectivity index (χ1) is 15.0. The summed E-state index contributed by atoms with van der Waals surface area (Å²) < 4.78 is 15.0. The number of thioether (sulfide) groups is 1. The molecule has 4 aromatic rings. The van der Waals surface area contributed by atoms with Crippen LogP contribution in [0, 0.1) is 12.7 Å². The third-order valence-corrected chi connectivity index (χ3v) is 5.41. The molecular formula is C22H18FN5O2S. The molecule has 2 aromatic carbocycles. The summed E-state index contributed by atoms with van der Waals surface area (Å²) in [6, 6.07) is 16.5. The lowest BCUT2D eigenvalue weighted by Crippen LogP contribution is -2.15. The molecule has 31 heavy (non-hydrogen) atoms. The predicted molar refractivity (Wildman–Crippen MR) is 118 cm³/mol. The third kappa shape index (κ3) is 4.89. The van der Waals surface area contributed by atoms with Crippen molar-refractivity contribution in [1.29, 1.82) is 0 Å². The minimum Gasteiger partial charge on any atom is -0.325 e. The van der Waals surface area contributed by atoms with E-state index in [9.17, 15) is 14.0 Å². The monoisotopic (exact) mass is 435 g/mol. The van der Waals surface area contributed by atoms with Gasteiger partial charge in [0.05, 0.1) is 11.3 Å². The van der Waals surface area contributed by atoms with E-state index in [-0.39, 0.29) is 11.7 Å². The summed E-state index contributed by atoms with van der Waals surface area (Å²) in [7, 11) is 0. The molecule has 0 spiro atoms. The van der Waals surface area contributed by atoms with E-state index in [4.69, 9.17) is 0 Å². The second-order valence-corrected chi connectivity index (χ2v) is 7.69. The fourth-order valence-corrected chi connectivity index (χ4v) is 3.62. The number of benzene rings is 2. The van der Waals surface area contributed by atoms with Gasteiger partial charge in [-0.2, -0.15) is 0 Å². The number of aromatic nitrogens is 3. The lowest BCUT2D eigenvalue weighted by Gasteiger charge is -2.08. The quantitative estimate of drug-likeness (QED) is 0.444. The molecule has 2 N–H and O–H groups in total. The average Bonchev–Trinajstić information content (AvgIpc) is 3.16. The van der Waals surface area contributed by atoms with Crippen LogP contribution in [0.5, 0.6) is 0 Å². The average molecular weight is 435 g/mol. The maximum absolute atomic E-state index is 13.3. The predicted octanol–water partition coefficient (Wildman–Crippen LogP) is 4.16. The molecule has 0 atom stereocenters. The van der Waals surface area contributed by atoms with Crippen molar-refractivity contribution in [3.8, 4) is 0 Å². The number of para-hydroxylation sites is 1. The first kappa shape index (κ1) is 20.5. The van der Waals surface area contributed by atoms with Crippen LogP contribution in [0.3, 0.4) is 0 Å². The number of hydrogen-bond acceptors (Lipinski definition) is 5. The van der Waals surface area contributed by atoms with Crippen LogP contribution in [0.15, 0.2) is 72.0 Å². The van der Waals surface area contributed by atoms with E-state index in [0.717, 1.165) is 11.3 Å². The standard InChI is InChI=1S/C22H18FN5O2S/c1-14-5-2-3-8-18(14)25-20(29)13-31-22-27-26-19-10-9-15(12-28(19)22)21(30)24-17-7-4-6-16(23)11-17/h2-12H,13H2,1H3,(H,24,30)(H,25,29). The van der Waals surface area contributed by atoms with Gasteiger partial charge in [-0.15, -0.1) is 10.2 Å². The summed E-state index contributed by atoms with van der Waals surface area (Å²) in [5, 5.41) is 14.2. The van der Waals surface area contributed by atoms with Gasteiger partial charge in [0.15, 0.2) is 10.8 Å². The Hall–Kier alpha value is -3.72. The molecule has 156 valence electrons. The Morgan fingerprint density at radius 1 is 1.03 bits per heavy atom. The number of nitrogens with zero attached hydrogens (tertiary/aromatic N) is 3. The molecule has 0 bridgehead atoms. The minimum atomic E-state index is -0.435. The van der Waals surface area contributed by atoms with Crippen molar-refractivity contribution in [2.75, 3.05) is 16.4 Å². The van der Waals surface area contributed by atoms with E-state index in [1.807, 2.05) is 31.2 Å². The molecule has 2 heterocycles. The van der Waals surface area contributed by atoms with E-state index >= 15 is 0 Å². The van der Waals surface area contributed by atoms with Gasteiger partial charge in [0, 0.05) is 17.6 Å². The molecule has 0 radical (unpaired) electrons. The number of rotatable bonds is 6. The van der Waals surface area contributed by atoms with Crippen LogP contribution in [-0.2, 0) is 4.79 Å². The van der Waals surface area contributed by atoms with Crippen molar-refractivity contribution in [3.63, 3.8) is 0 Å². The zero-order chi connectivity index (χ0) is 21.8. The molecule has 0 unspecified atom stereocenters. The van der Waals surface area contributed by atoms with Gasteiger partial charge in [-0.05, 0) is 48.9 Å². The molecule has 2 aromatic heterocycles. The highest BCUT2D eigenvalue weighted by Crippen LogP contribution is 2.20. The molecule has 7 nitrogen and oxygen atoms in total. The van der Waals surface area contributed by atoms with Crippen LogP contribution in [0.25, 0.3) is 5.65 Å². The van der Waals surface area contributed by atoms with Crippen molar-refractivity contribution in [2.24, 2.45) is 0 Å². The number of carbonyl (C=O) groups is 2. The molecule has 0 aliphatic rings. The topological polar surface area (TPSA) is 88.4 Å². The normalized spacial score (nSPS) is 10.8. The first-order valence-electron chi connectivity index (χ1n) is 9.39. The fraction of sp³-hybridized carbons (Fsp3) is 0.0909. The molecule has 9 heteroatoms. The van der Waals surface area contributed by atoms with Gasteiger partial charge in [-0.3, -0.25) is 14.0 Å². The number of nitrogens with one attached hydrogen (secondary N) is 2. The fourth-order valence-electron chi connectivity index (χ4n) is 2.90. The van der Waals surface area contributed by atoms with Crippen molar-refractivity contribution in [3.05, 3.63) is 83.8 Å². The Labute approximate surface area is 181 Å². The number of fused-ring (bicyclic) bond motifs is 1. The largest absolute Gasteiger partial charge is 0.325 e. The molecule has 0 saturated heterocycles. The van der Waals surface area contributed by atoms with Gasteiger partial charge >= 0.3 is 0 Å². The highest BCUT2D eigenvalue weighted by Gasteiger charge is 2.13. The number of halogens is 1. The highest BCUT2D eigenvalue weighted by molar-refractivity contribution is 7.99. The lowest BCUT2D eigenvalue weighted by molar-refractivity contribution is -0.113. The zero-order valence-electron chi connectivity index (χ0n) is 16.5. The van der Waals surface area contributed by atoms with Gasteiger partial charge in [0.1, 0.15) is 5.82 Å². The SMILES string of the molecule is Cc1ccccc1NC(=O)CSc1nnc2ccc(C(=O)Nc3cccc(F)c3)cn12. The second kappa shape index (κ2) is 8.97. The number of carbonyl (C=O) groups excluding carboxylic acids is 2. The van der Waals surface area contributed by atoms with Crippen molar-refractivity contribution >= 4 is 40.6 Å². The third-order valence-electron chi connectivity index (χ3n) is 4.47. The van der Waals surface area contributed by atoms with Gasteiger partial charge < -0.3 is 10.6 Å². The maximum atomic E-state index is 13.3. The van der Waals surface area contributed by atoms with Gasteiger partial charge in [-0.25, -0.2) is 4.39 Å². The van der Waals surface area contributed by atoms with E-state index in [1.54, 1.807) is 28.8 Å². The van der Waals surface area contributed by atoms with E-state index in [0.29, 0.717) is 22.1 Å². The second-order valence-electron chi connectivity index (χ2n) is 6.74. The highest BCUT2D eigenvalue weighted by atomic mass is 32.2. The Morgan fingerprint density at radius 2 is 1.87 bits per heavy atom. The first-order valence-corrected chi connectivity index (χ1v) is 10.4. The van der Waals surface area contributed by atoms with E-state index in [2.05, 4.69) is 20.8 Å². The molecule has 0 aliphatic heterocycles. The summed E-state index contributed by atoms with van der Waals surface area (Å²) in [6.45, 7) is 1.92. The van der Waals surface area contributed by atoms with E-state index < -0.39 is 11.7 Å². The van der Waals surface area contributed by atoms with Crippen LogP contribution in [0.4, 0.5) is 15.8 Å². The number of anilines is 2. The summed E-state index contributed by atoms with van der Waals surface area (Å²) in [5.74, 6) is -0.866. The molecule has 0 fully saturated rings. The zero-order valence-corrected chi connectivity index (χ0v) is 17.3. The molecular weight excluding hydrogens is 417 g/mol. The number of pyridine rings is 1. The van der Waals surface area contributed by atoms with E-state index in [1.165, 1.54) is 30.0 Å². The van der Waals surface area contributed by atoms with Crippen LogP contribution < -0.4 is 10.6 Å². The van der Waals surface area contributed by atoms with Crippen molar-refractivity contribution in [2.45, 2.75) is 12.1 Å². The number of amides is 2. The van der Waals surface area contributed by atoms with Crippen molar-refractivity contribution in [1.82, 2.24) is 14.6 Å². The minimum absolute atomic E-state index is 0.134. The Bertz CT molecular complexity index is 1270. The van der Waals surface area contributed by atoms with Crippen LogP contribution >= 0.6 is 11.8 Å². The van der Waals surface area contributed by atoms with Crippen LogP contribution in [-0.4, -0.2) is 32.2 Å². The van der Waals surface area contributed by atoms with Gasteiger partial charge in [0.25, 0.3) is 5.91 Å². The summed E-state index contributed by atoms with van der Waals surface area (Å²) in [4.78, 5) is 24.9. The maximum Gasteiger partial charge on any atom is 0.257 e.